The highest BCUT2D eigenvalue weighted by atomic mass is 32.2. The van der Waals surface area contributed by atoms with E-state index < -0.39 is 0 Å². The van der Waals surface area contributed by atoms with Gasteiger partial charge in [-0.25, -0.2) is 0 Å². The second-order valence-electron chi connectivity index (χ2n) is 6.42. The molecular formula is C21H21N5OS. The normalized spacial score (nSPS) is 11.1. The van der Waals surface area contributed by atoms with Crippen molar-refractivity contribution in [3.63, 3.8) is 0 Å². The third-order valence-corrected chi connectivity index (χ3v) is 5.46. The van der Waals surface area contributed by atoms with Gasteiger partial charge in [0, 0.05) is 29.2 Å². The molecule has 2 aromatic carbocycles. The first-order valence-electron chi connectivity index (χ1n) is 9.16. The number of carbonyl (C=O) groups is 1. The summed E-state index contributed by atoms with van der Waals surface area (Å²) in [5.41, 5.74) is 4.15. The summed E-state index contributed by atoms with van der Waals surface area (Å²) >= 11 is 1.39. The van der Waals surface area contributed by atoms with Crippen LogP contribution in [0, 0.1) is 6.92 Å². The minimum absolute atomic E-state index is 0.0134. The van der Waals surface area contributed by atoms with E-state index in [1.165, 1.54) is 11.8 Å². The fourth-order valence-corrected chi connectivity index (χ4v) is 3.98. The summed E-state index contributed by atoms with van der Waals surface area (Å²) in [6.07, 6.45) is 1.96. The summed E-state index contributed by atoms with van der Waals surface area (Å²) in [7, 11) is 0. The maximum absolute atomic E-state index is 11.9. The molecule has 0 aliphatic rings. The van der Waals surface area contributed by atoms with E-state index in [4.69, 9.17) is 0 Å². The number of hydrogen-bond acceptors (Lipinski definition) is 4. The van der Waals surface area contributed by atoms with E-state index in [2.05, 4.69) is 39.6 Å². The van der Waals surface area contributed by atoms with Crippen LogP contribution in [0.3, 0.4) is 0 Å². The van der Waals surface area contributed by atoms with E-state index in [-0.39, 0.29) is 5.91 Å². The van der Waals surface area contributed by atoms with E-state index in [0.29, 0.717) is 17.5 Å². The molecule has 142 valence electrons. The van der Waals surface area contributed by atoms with Crippen molar-refractivity contribution in [2.24, 2.45) is 0 Å². The van der Waals surface area contributed by atoms with Gasteiger partial charge in [0.1, 0.15) is 0 Å². The molecule has 4 rings (SSSR count). The fourth-order valence-electron chi connectivity index (χ4n) is 3.20. The molecule has 0 aliphatic carbocycles. The molecule has 1 amide bonds. The van der Waals surface area contributed by atoms with Crippen LogP contribution in [0.5, 0.6) is 0 Å². The van der Waals surface area contributed by atoms with Gasteiger partial charge in [-0.05, 0) is 31.5 Å². The smallest absolute Gasteiger partial charge is 0.230 e. The molecule has 0 fully saturated rings. The second kappa shape index (κ2) is 7.90. The zero-order valence-corrected chi connectivity index (χ0v) is 16.6. The number of carbonyl (C=O) groups excluding carboxylic acids is 1. The van der Waals surface area contributed by atoms with E-state index in [9.17, 15) is 4.79 Å². The van der Waals surface area contributed by atoms with Gasteiger partial charge in [-0.1, -0.05) is 48.2 Å². The Morgan fingerprint density at radius 1 is 1.14 bits per heavy atom. The second-order valence-corrected chi connectivity index (χ2v) is 7.36. The van der Waals surface area contributed by atoms with E-state index in [0.717, 1.165) is 33.5 Å². The summed E-state index contributed by atoms with van der Waals surface area (Å²) in [6, 6.07) is 16.2. The quantitative estimate of drug-likeness (QED) is 0.488. The molecule has 0 spiro atoms. The number of para-hydroxylation sites is 2. The first-order valence-corrected chi connectivity index (χ1v) is 10.1. The van der Waals surface area contributed by atoms with Crippen molar-refractivity contribution >= 4 is 28.6 Å². The minimum Gasteiger partial charge on any atom is -0.360 e. The minimum atomic E-state index is -0.0134. The van der Waals surface area contributed by atoms with Crippen molar-refractivity contribution < 1.29 is 4.79 Å². The predicted molar refractivity (Wildman–Crippen MR) is 113 cm³/mol. The highest BCUT2D eigenvalue weighted by Gasteiger charge is 2.20. The van der Waals surface area contributed by atoms with Gasteiger partial charge in [0.25, 0.3) is 0 Å². The number of nitrogens with zero attached hydrogens (tertiary/aromatic N) is 3. The number of aromatic nitrogens is 4. The van der Waals surface area contributed by atoms with Crippen molar-refractivity contribution in [1.82, 2.24) is 25.1 Å². The lowest BCUT2D eigenvalue weighted by atomic mass is 10.1. The largest absolute Gasteiger partial charge is 0.360 e. The Morgan fingerprint density at radius 2 is 1.93 bits per heavy atom. The van der Waals surface area contributed by atoms with Crippen molar-refractivity contribution in [3.05, 3.63) is 60.3 Å². The third kappa shape index (κ3) is 3.41. The Morgan fingerprint density at radius 3 is 2.75 bits per heavy atom. The van der Waals surface area contributed by atoms with E-state index >= 15 is 0 Å². The van der Waals surface area contributed by atoms with Crippen molar-refractivity contribution in [2.45, 2.75) is 19.0 Å². The van der Waals surface area contributed by atoms with Crippen molar-refractivity contribution in [2.75, 3.05) is 12.3 Å². The van der Waals surface area contributed by atoms with Gasteiger partial charge in [-0.2, -0.15) is 0 Å². The maximum Gasteiger partial charge on any atom is 0.230 e. The number of thioether (sulfide) groups is 1. The molecule has 0 unspecified atom stereocenters. The zero-order valence-electron chi connectivity index (χ0n) is 15.8. The zero-order chi connectivity index (χ0) is 19.5. The first-order chi connectivity index (χ1) is 13.7. The number of aryl methyl sites for hydroxylation is 1. The first kappa shape index (κ1) is 18.3. The predicted octanol–water partition coefficient (Wildman–Crippen LogP) is 3.95. The molecule has 0 bridgehead atoms. The molecule has 4 aromatic rings. The Labute approximate surface area is 167 Å². The number of aromatic amines is 1. The Kier molecular flexibility index (Phi) is 5.16. The molecule has 2 N–H and O–H groups in total. The van der Waals surface area contributed by atoms with Gasteiger partial charge in [0.05, 0.1) is 11.4 Å². The molecule has 0 radical (unpaired) electrons. The Bertz CT molecular complexity index is 1130. The molecule has 28 heavy (non-hydrogen) atoms. The SMILES string of the molecule is CCNC(=O)CSc1nnc(-c2c[nH]c3ccccc23)n1-c1ccccc1C. The van der Waals surface area contributed by atoms with Gasteiger partial charge in [0.2, 0.25) is 5.91 Å². The number of benzene rings is 2. The number of H-pyrrole nitrogens is 1. The molecule has 7 heteroatoms. The van der Waals surface area contributed by atoms with Crippen LogP contribution in [0.1, 0.15) is 12.5 Å². The lowest BCUT2D eigenvalue weighted by Crippen LogP contribution is -2.24. The molecule has 0 saturated carbocycles. The molecule has 0 aliphatic heterocycles. The van der Waals surface area contributed by atoms with Crippen LogP contribution < -0.4 is 5.32 Å². The van der Waals surface area contributed by atoms with Crippen molar-refractivity contribution in [1.29, 1.82) is 0 Å². The molecular weight excluding hydrogens is 370 g/mol. The molecule has 0 atom stereocenters. The standard InChI is InChI=1S/C21H21N5OS/c1-3-22-19(27)13-28-21-25-24-20(26(21)18-11-7-4-8-14(18)2)16-12-23-17-10-6-5-9-15(16)17/h4-12,23H,3,13H2,1-2H3,(H,22,27). The van der Waals surface area contributed by atoms with E-state index in [1.54, 1.807) is 0 Å². The van der Waals surface area contributed by atoms with Crippen molar-refractivity contribution in [3.8, 4) is 17.1 Å². The van der Waals surface area contributed by atoms with E-state index in [1.807, 2.05) is 54.1 Å². The van der Waals surface area contributed by atoms with Gasteiger partial charge < -0.3 is 10.3 Å². The Hall–Kier alpha value is -3.06. The molecule has 6 nitrogen and oxygen atoms in total. The summed E-state index contributed by atoms with van der Waals surface area (Å²) < 4.78 is 2.04. The van der Waals surface area contributed by atoms with Crippen LogP contribution in [0.2, 0.25) is 0 Å². The number of rotatable bonds is 6. The average molecular weight is 392 g/mol. The average Bonchev–Trinajstić information content (AvgIpc) is 3.31. The molecule has 0 saturated heterocycles. The molecule has 2 heterocycles. The van der Waals surface area contributed by atoms with Crippen LogP contribution in [0.15, 0.2) is 59.9 Å². The van der Waals surface area contributed by atoms with Gasteiger partial charge in [0.15, 0.2) is 11.0 Å². The van der Waals surface area contributed by atoms with Crippen LogP contribution >= 0.6 is 11.8 Å². The van der Waals surface area contributed by atoms with Crippen LogP contribution in [-0.2, 0) is 4.79 Å². The highest BCUT2D eigenvalue weighted by Crippen LogP contribution is 2.33. The summed E-state index contributed by atoms with van der Waals surface area (Å²) in [5, 5.41) is 13.5. The molecule has 2 aromatic heterocycles. The van der Waals surface area contributed by atoms with Gasteiger partial charge in [-0.15, -0.1) is 10.2 Å². The number of nitrogens with one attached hydrogen (secondary N) is 2. The summed E-state index contributed by atoms with van der Waals surface area (Å²) in [5.74, 6) is 1.04. The monoisotopic (exact) mass is 391 g/mol. The van der Waals surface area contributed by atoms with Crippen LogP contribution in [0.4, 0.5) is 0 Å². The Balaban J connectivity index is 1.83. The van der Waals surface area contributed by atoms with Crippen LogP contribution in [-0.4, -0.2) is 38.0 Å². The number of amides is 1. The highest BCUT2D eigenvalue weighted by molar-refractivity contribution is 7.99. The fraction of sp³-hybridized carbons (Fsp3) is 0.190. The summed E-state index contributed by atoms with van der Waals surface area (Å²) in [6.45, 7) is 4.59. The third-order valence-electron chi connectivity index (χ3n) is 4.53. The van der Waals surface area contributed by atoms with Crippen LogP contribution in [0.25, 0.3) is 28.0 Å². The lowest BCUT2D eigenvalue weighted by molar-refractivity contribution is -0.118. The van der Waals surface area contributed by atoms with Gasteiger partial charge in [-0.3, -0.25) is 9.36 Å². The lowest BCUT2D eigenvalue weighted by Gasteiger charge is -2.12. The number of hydrogen-bond donors (Lipinski definition) is 2. The maximum atomic E-state index is 11.9. The topological polar surface area (TPSA) is 75.6 Å². The summed E-state index contributed by atoms with van der Waals surface area (Å²) in [4.78, 5) is 15.3. The van der Waals surface area contributed by atoms with Gasteiger partial charge >= 0.3 is 0 Å². The number of fused-ring (bicyclic) bond motifs is 1.